The molecule has 1 aliphatic rings. The third-order valence-electron chi connectivity index (χ3n) is 5.44. The van der Waals surface area contributed by atoms with Gasteiger partial charge in [-0.2, -0.15) is 0 Å². The lowest BCUT2D eigenvalue weighted by Crippen LogP contribution is -2.47. The molecule has 3 aromatic heterocycles. The number of amides is 2. The van der Waals surface area contributed by atoms with Gasteiger partial charge in [-0.05, 0) is 37.0 Å². The first kappa shape index (κ1) is 20.6. The lowest BCUT2D eigenvalue weighted by molar-refractivity contribution is 0.102. The molecule has 1 saturated heterocycles. The van der Waals surface area contributed by atoms with E-state index in [0.717, 1.165) is 30.6 Å². The highest BCUT2D eigenvalue weighted by Gasteiger charge is 2.24. The van der Waals surface area contributed by atoms with Gasteiger partial charge in [0.05, 0.1) is 23.8 Å². The number of pyridine rings is 2. The summed E-state index contributed by atoms with van der Waals surface area (Å²) in [5.41, 5.74) is 3.93. The third kappa shape index (κ3) is 4.45. The van der Waals surface area contributed by atoms with Gasteiger partial charge in [-0.15, -0.1) is 0 Å². The summed E-state index contributed by atoms with van der Waals surface area (Å²) in [7, 11) is 0. The van der Waals surface area contributed by atoms with Crippen molar-refractivity contribution in [2.24, 2.45) is 0 Å². The summed E-state index contributed by atoms with van der Waals surface area (Å²) in [6.45, 7) is 5.38. The van der Waals surface area contributed by atoms with Crippen molar-refractivity contribution < 1.29 is 19.1 Å². The van der Waals surface area contributed by atoms with E-state index in [1.807, 2.05) is 19.9 Å². The molecule has 1 fully saturated rings. The summed E-state index contributed by atoms with van der Waals surface area (Å²) < 4.78 is 5.54. The number of aromatic nitrogens is 2. The second kappa shape index (κ2) is 8.63. The van der Waals surface area contributed by atoms with Gasteiger partial charge in [0.2, 0.25) is 0 Å². The van der Waals surface area contributed by atoms with Crippen LogP contribution in [0.25, 0.3) is 11.1 Å². The van der Waals surface area contributed by atoms with Crippen molar-refractivity contribution >= 4 is 34.5 Å². The molecule has 3 N–H and O–H groups in total. The van der Waals surface area contributed by atoms with Crippen LogP contribution in [0.4, 0.5) is 16.2 Å². The molecule has 0 spiro atoms. The fourth-order valence-electron chi connectivity index (χ4n) is 3.90. The predicted octanol–water partition coefficient (Wildman–Crippen LogP) is 3.83. The largest absolute Gasteiger partial charge is 0.465 e. The minimum Gasteiger partial charge on any atom is -0.465 e. The topological polar surface area (TPSA) is 121 Å². The van der Waals surface area contributed by atoms with Gasteiger partial charge in [-0.3, -0.25) is 9.78 Å². The van der Waals surface area contributed by atoms with Gasteiger partial charge in [0, 0.05) is 30.9 Å². The summed E-state index contributed by atoms with van der Waals surface area (Å²) in [5.74, 6) is -0.118. The zero-order chi connectivity index (χ0) is 22.0. The second-order valence-electron chi connectivity index (χ2n) is 7.97. The summed E-state index contributed by atoms with van der Waals surface area (Å²) in [6, 6.07) is 5.04. The number of carbonyl (C=O) groups is 2. The number of rotatable bonds is 5. The van der Waals surface area contributed by atoms with Gasteiger partial charge in [-0.25, -0.2) is 9.78 Å². The van der Waals surface area contributed by atoms with E-state index in [2.05, 4.69) is 25.5 Å². The Balaban J connectivity index is 1.56. The van der Waals surface area contributed by atoms with Gasteiger partial charge < -0.3 is 25.1 Å². The number of nitrogens with zero attached hydrogens (tertiary/aromatic N) is 3. The molecule has 9 heteroatoms. The predicted molar refractivity (Wildman–Crippen MR) is 117 cm³/mol. The fourth-order valence-corrected chi connectivity index (χ4v) is 3.90. The van der Waals surface area contributed by atoms with E-state index in [1.54, 1.807) is 30.8 Å². The molecule has 3 aromatic rings. The Labute approximate surface area is 179 Å². The number of carboxylic acid groups (broad SMARTS) is 1. The van der Waals surface area contributed by atoms with Gasteiger partial charge in [0.1, 0.15) is 11.2 Å². The van der Waals surface area contributed by atoms with E-state index in [-0.39, 0.29) is 23.6 Å². The minimum absolute atomic E-state index is 0.164. The quantitative estimate of drug-likeness (QED) is 0.570. The fraction of sp³-hybridized carbons (Fsp3) is 0.364. The van der Waals surface area contributed by atoms with E-state index >= 15 is 0 Å². The molecule has 1 atom stereocenters. The van der Waals surface area contributed by atoms with Crippen LogP contribution in [0, 0.1) is 0 Å². The maximum Gasteiger partial charge on any atom is 0.404 e. The highest BCUT2D eigenvalue weighted by molar-refractivity contribution is 6.05. The van der Waals surface area contributed by atoms with Crippen LogP contribution in [0.5, 0.6) is 0 Å². The number of fused-ring (bicyclic) bond motifs is 1. The average molecular weight is 423 g/mol. The van der Waals surface area contributed by atoms with Crippen LogP contribution in [0.15, 0.2) is 41.3 Å². The van der Waals surface area contributed by atoms with Crippen LogP contribution in [0.2, 0.25) is 0 Å². The van der Waals surface area contributed by atoms with Crippen molar-refractivity contribution in [3.05, 3.63) is 48.1 Å². The Morgan fingerprint density at radius 3 is 2.90 bits per heavy atom. The number of anilines is 2. The summed E-state index contributed by atoms with van der Waals surface area (Å²) in [6.07, 6.45) is 5.53. The highest BCUT2D eigenvalue weighted by atomic mass is 16.4. The third-order valence-corrected chi connectivity index (χ3v) is 5.44. The average Bonchev–Trinajstić information content (AvgIpc) is 3.17. The van der Waals surface area contributed by atoms with Crippen molar-refractivity contribution in [1.82, 2.24) is 15.3 Å². The number of carbonyl (C=O) groups excluding carboxylic acids is 1. The molecule has 162 valence electrons. The molecule has 0 saturated carbocycles. The second-order valence-corrected chi connectivity index (χ2v) is 7.97. The van der Waals surface area contributed by atoms with Crippen molar-refractivity contribution in [2.45, 2.75) is 38.6 Å². The van der Waals surface area contributed by atoms with Gasteiger partial charge in [0.15, 0.2) is 5.58 Å². The summed E-state index contributed by atoms with van der Waals surface area (Å²) in [4.78, 5) is 34.7. The SMILES string of the molecule is CC(C)c1coc2ccc(C(=O)Nc3cnccc3N3CCCC(NC(=O)O)C3)nc12. The van der Waals surface area contributed by atoms with Gasteiger partial charge in [0.25, 0.3) is 5.91 Å². The number of furan rings is 1. The molecule has 1 aliphatic heterocycles. The summed E-state index contributed by atoms with van der Waals surface area (Å²) in [5, 5.41) is 14.5. The van der Waals surface area contributed by atoms with E-state index in [1.165, 1.54) is 0 Å². The molecule has 1 unspecified atom stereocenters. The first-order valence-corrected chi connectivity index (χ1v) is 10.3. The Morgan fingerprint density at radius 2 is 2.13 bits per heavy atom. The maximum atomic E-state index is 13.0. The van der Waals surface area contributed by atoms with E-state index in [4.69, 9.17) is 9.52 Å². The van der Waals surface area contributed by atoms with E-state index in [0.29, 0.717) is 23.3 Å². The minimum atomic E-state index is -1.03. The number of piperidine rings is 1. The molecule has 4 rings (SSSR count). The zero-order valence-corrected chi connectivity index (χ0v) is 17.5. The van der Waals surface area contributed by atoms with Gasteiger partial charge in [-0.1, -0.05) is 13.8 Å². The van der Waals surface area contributed by atoms with Crippen LogP contribution < -0.4 is 15.5 Å². The Hall–Kier alpha value is -3.62. The van der Waals surface area contributed by atoms with Gasteiger partial charge >= 0.3 is 6.09 Å². The van der Waals surface area contributed by atoms with Crippen LogP contribution in [0.3, 0.4) is 0 Å². The first-order valence-electron chi connectivity index (χ1n) is 10.3. The normalized spacial score (nSPS) is 16.5. The van der Waals surface area contributed by atoms with Crippen molar-refractivity contribution in [1.29, 1.82) is 0 Å². The summed E-state index contributed by atoms with van der Waals surface area (Å²) >= 11 is 0. The van der Waals surface area contributed by atoms with Crippen LogP contribution >= 0.6 is 0 Å². The smallest absolute Gasteiger partial charge is 0.404 e. The van der Waals surface area contributed by atoms with Crippen LogP contribution in [-0.4, -0.2) is 46.2 Å². The molecule has 9 nitrogen and oxygen atoms in total. The molecule has 4 heterocycles. The number of hydrogen-bond donors (Lipinski definition) is 3. The number of hydrogen-bond acceptors (Lipinski definition) is 6. The van der Waals surface area contributed by atoms with E-state index in [9.17, 15) is 9.59 Å². The molecule has 0 aliphatic carbocycles. The van der Waals surface area contributed by atoms with E-state index < -0.39 is 6.09 Å². The molecular weight excluding hydrogens is 398 g/mol. The molecule has 0 radical (unpaired) electrons. The number of nitrogens with one attached hydrogen (secondary N) is 2. The van der Waals surface area contributed by atoms with Crippen molar-refractivity contribution in [3.8, 4) is 0 Å². The zero-order valence-electron chi connectivity index (χ0n) is 17.5. The Bertz CT molecular complexity index is 1110. The van der Waals surface area contributed by atoms with Crippen LogP contribution in [0.1, 0.15) is 48.7 Å². The molecule has 31 heavy (non-hydrogen) atoms. The lowest BCUT2D eigenvalue weighted by Gasteiger charge is -2.35. The molecular formula is C22H25N5O4. The molecule has 0 aromatic carbocycles. The molecule has 2 amide bonds. The monoisotopic (exact) mass is 423 g/mol. The standard InChI is InChI=1S/C22H25N5O4/c1-13(2)15-12-31-19-6-5-16(25-20(15)19)21(28)26-17-10-23-8-7-18(17)27-9-3-4-14(11-27)24-22(29)30/h5-8,10,12-14,24H,3-4,9,11H2,1-2H3,(H,26,28)(H,29,30). The maximum absolute atomic E-state index is 13.0. The van der Waals surface area contributed by atoms with Crippen molar-refractivity contribution in [3.63, 3.8) is 0 Å². The highest BCUT2D eigenvalue weighted by Crippen LogP contribution is 2.29. The Morgan fingerprint density at radius 1 is 1.29 bits per heavy atom. The lowest BCUT2D eigenvalue weighted by atomic mass is 10.0. The first-order chi connectivity index (χ1) is 14.9. The molecule has 0 bridgehead atoms. The van der Waals surface area contributed by atoms with Crippen LogP contribution in [-0.2, 0) is 0 Å². The Kier molecular flexibility index (Phi) is 5.75. The van der Waals surface area contributed by atoms with Crippen molar-refractivity contribution in [2.75, 3.05) is 23.3 Å².